The van der Waals surface area contributed by atoms with E-state index < -0.39 is 5.91 Å². The lowest BCUT2D eigenvalue weighted by molar-refractivity contribution is 0.100. The highest BCUT2D eigenvalue weighted by Gasteiger charge is 2.18. The topological polar surface area (TPSA) is 109 Å². The average molecular weight is 586 g/mol. The summed E-state index contributed by atoms with van der Waals surface area (Å²) in [5.74, 6) is 0.0441. The number of H-pyrrole nitrogens is 1. The molecule has 0 spiro atoms. The molecule has 3 aromatic rings. The molecule has 7 nitrogen and oxygen atoms in total. The van der Waals surface area contributed by atoms with Gasteiger partial charge in [-0.2, -0.15) is 5.10 Å². The Labute approximate surface area is 183 Å². The van der Waals surface area contributed by atoms with Crippen molar-refractivity contribution in [2.75, 3.05) is 5.32 Å². The maximum atomic E-state index is 12.0. The zero-order valence-corrected chi connectivity index (χ0v) is 18.4. The molecule has 4 N–H and O–H groups in total. The molecule has 2 heterocycles. The molecule has 0 atom stereocenters. The molecule has 1 amide bonds. The van der Waals surface area contributed by atoms with E-state index in [1.165, 1.54) is 0 Å². The number of nitrogens with zero attached hydrogens (tertiary/aromatic N) is 3. The number of hydrogen-bond donors (Lipinski definition) is 3. The first-order valence-electron chi connectivity index (χ1n) is 7.96. The Kier molecular flexibility index (Phi) is 6.77. The smallest absolute Gasteiger partial charge is 0.256 e. The van der Waals surface area contributed by atoms with E-state index in [1.807, 2.05) is 36.4 Å². The Morgan fingerprint density at radius 3 is 2.85 bits per heavy atom. The van der Waals surface area contributed by atoms with Crippen LogP contribution in [0.25, 0.3) is 0 Å². The third-order valence-corrected chi connectivity index (χ3v) is 5.33. The van der Waals surface area contributed by atoms with E-state index in [0.717, 1.165) is 31.4 Å². The summed E-state index contributed by atoms with van der Waals surface area (Å²) in [6.45, 7) is 0. The van der Waals surface area contributed by atoms with Crippen LogP contribution in [0.4, 0.5) is 17.3 Å². The second-order valence-corrected chi connectivity index (χ2v) is 7.08. The number of aromatic amines is 1. The van der Waals surface area contributed by atoms with Crippen molar-refractivity contribution in [3.8, 4) is 0 Å². The van der Waals surface area contributed by atoms with Crippen LogP contribution >= 0.6 is 45.2 Å². The number of primary amides is 1. The van der Waals surface area contributed by atoms with Crippen molar-refractivity contribution in [3.05, 3.63) is 65.0 Å². The molecule has 0 saturated heterocycles. The van der Waals surface area contributed by atoms with E-state index >= 15 is 0 Å². The highest BCUT2D eigenvalue weighted by Crippen LogP contribution is 2.27. The zero-order chi connectivity index (χ0) is 19.2. The minimum absolute atomic E-state index is 0.214. The van der Waals surface area contributed by atoms with Crippen LogP contribution in [0.2, 0.25) is 0 Å². The van der Waals surface area contributed by atoms with Gasteiger partial charge in [0.25, 0.3) is 5.91 Å². The summed E-state index contributed by atoms with van der Waals surface area (Å²) in [4.78, 5) is 20.7. The first-order valence-corrected chi connectivity index (χ1v) is 11.0. The fraction of sp³-hybridized carbons (Fsp3) is 0.111. The molecule has 2 aromatic heterocycles. The van der Waals surface area contributed by atoms with Crippen LogP contribution in [0.1, 0.15) is 27.2 Å². The molecule has 0 unspecified atom stereocenters. The molecule has 0 fully saturated rings. The van der Waals surface area contributed by atoms with Crippen LogP contribution in [0.3, 0.4) is 0 Å². The maximum Gasteiger partial charge on any atom is 0.256 e. The van der Waals surface area contributed by atoms with Crippen molar-refractivity contribution in [1.29, 1.82) is 0 Å². The van der Waals surface area contributed by atoms with Gasteiger partial charge in [-0.3, -0.25) is 14.9 Å². The number of pyridine rings is 1. The van der Waals surface area contributed by atoms with Gasteiger partial charge < -0.3 is 11.1 Å². The summed E-state index contributed by atoms with van der Waals surface area (Å²) in [6.07, 6.45) is 3.39. The van der Waals surface area contributed by atoms with Crippen LogP contribution < -0.4 is 11.1 Å². The van der Waals surface area contributed by atoms with E-state index in [1.54, 1.807) is 12.4 Å². The highest BCUT2D eigenvalue weighted by atomic mass is 127. The lowest BCUT2D eigenvalue weighted by atomic mass is 10.2. The molecule has 27 heavy (non-hydrogen) atoms. The molecule has 0 aliphatic heterocycles. The maximum absolute atomic E-state index is 12.0. The zero-order valence-electron chi connectivity index (χ0n) is 14.1. The van der Waals surface area contributed by atoms with Gasteiger partial charge in [0.1, 0.15) is 5.56 Å². The van der Waals surface area contributed by atoms with Crippen molar-refractivity contribution in [1.82, 2.24) is 15.2 Å². The van der Waals surface area contributed by atoms with Crippen molar-refractivity contribution < 1.29 is 4.79 Å². The van der Waals surface area contributed by atoms with Crippen molar-refractivity contribution in [2.24, 2.45) is 10.7 Å². The molecular formula is C18H16I2N6O. The largest absolute Gasteiger partial charge is 0.365 e. The predicted molar refractivity (Wildman–Crippen MR) is 124 cm³/mol. The Hall–Kier alpha value is -2.02. The first-order chi connectivity index (χ1) is 13.1. The van der Waals surface area contributed by atoms with E-state index in [2.05, 4.69) is 70.7 Å². The lowest BCUT2D eigenvalue weighted by Crippen LogP contribution is -2.12. The second kappa shape index (κ2) is 9.26. The summed E-state index contributed by atoms with van der Waals surface area (Å²) < 4.78 is 1.64. The third kappa shape index (κ3) is 4.83. The Morgan fingerprint density at radius 1 is 1.26 bits per heavy atom. The average Bonchev–Trinajstić information content (AvgIpc) is 3.09. The van der Waals surface area contributed by atoms with Gasteiger partial charge in [-0.05, 0) is 23.8 Å². The van der Waals surface area contributed by atoms with Gasteiger partial charge >= 0.3 is 0 Å². The van der Waals surface area contributed by atoms with Gasteiger partial charge in [0.05, 0.1) is 5.69 Å². The first kappa shape index (κ1) is 19.7. The number of aliphatic imine (C=N–C) groups is 1. The lowest BCUT2D eigenvalue weighted by Gasteiger charge is -2.06. The second-order valence-electron chi connectivity index (χ2n) is 5.55. The normalized spacial score (nSPS) is 11.0. The Morgan fingerprint density at radius 2 is 2.11 bits per heavy atom. The number of carbonyl (C=O) groups is 1. The molecule has 1 aromatic carbocycles. The number of amides is 1. The van der Waals surface area contributed by atoms with Crippen molar-refractivity contribution in [2.45, 2.75) is 8.86 Å². The molecule has 0 saturated carbocycles. The summed E-state index contributed by atoms with van der Waals surface area (Å²) >= 11 is 4.54. The summed E-state index contributed by atoms with van der Waals surface area (Å²) in [6, 6.07) is 11.6. The number of aromatic nitrogens is 3. The van der Waals surface area contributed by atoms with E-state index in [-0.39, 0.29) is 5.56 Å². The highest BCUT2D eigenvalue weighted by molar-refractivity contribution is 14.1. The number of benzene rings is 1. The number of rotatable bonds is 7. The Bertz CT molecular complexity index is 985. The Balaban J connectivity index is 1.91. The van der Waals surface area contributed by atoms with Crippen molar-refractivity contribution in [3.63, 3.8) is 0 Å². The van der Waals surface area contributed by atoms with Crippen LogP contribution in [0.15, 0.2) is 47.6 Å². The van der Waals surface area contributed by atoms with Gasteiger partial charge in [-0.1, -0.05) is 63.4 Å². The molecule has 138 valence electrons. The quantitative estimate of drug-likeness (QED) is 0.219. The summed E-state index contributed by atoms with van der Waals surface area (Å²) in [5.41, 5.74) is 9.56. The minimum atomic E-state index is -0.608. The molecule has 0 bridgehead atoms. The third-order valence-electron chi connectivity index (χ3n) is 3.72. The molecule has 0 aliphatic rings. The van der Waals surface area contributed by atoms with E-state index in [0.29, 0.717) is 11.6 Å². The van der Waals surface area contributed by atoms with Crippen LogP contribution in [-0.4, -0.2) is 27.3 Å². The number of carbonyl (C=O) groups excluding carboxylic acids is 1. The van der Waals surface area contributed by atoms with E-state index in [4.69, 9.17) is 5.73 Å². The summed E-state index contributed by atoms with van der Waals surface area (Å²) in [7, 11) is 0. The monoisotopic (exact) mass is 586 g/mol. The van der Waals surface area contributed by atoms with Gasteiger partial charge in [-0.15, -0.1) is 0 Å². The van der Waals surface area contributed by atoms with Gasteiger partial charge in [-0.25, -0.2) is 4.99 Å². The SMILES string of the molecule is NC(=O)c1c(Nc2cccc(CI)c2)n[nH]c1/N=C/c1cccnc1CI. The fourth-order valence-corrected chi connectivity index (χ4v) is 3.54. The fourth-order valence-electron chi connectivity index (χ4n) is 2.43. The minimum Gasteiger partial charge on any atom is -0.365 e. The number of anilines is 2. The standard InChI is InChI=1S/C18H16I2N6O/c19-8-11-3-1-5-13(7-11)24-18-15(16(21)27)17(25-26-18)23-10-12-4-2-6-22-14(12)9-20/h1-7,10H,8-9H2,(H2,21,27)(H2,24,25,26)/b23-10+. The molecule has 9 heteroatoms. The molecule has 3 rings (SSSR count). The summed E-state index contributed by atoms with van der Waals surface area (Å²) in [5, 5.41) is 10.1. The number of alkyl halides is 2. The molecular weight excluding hydrogens is 570 g/mol. The van der Waals surface area contributed by atoms with Gasteiger partial charge in [0.15, 0.2) is 11.6 Å². The van der Waals surface area contributed by atoms with Gasteiger partial charge in [0.2, 0.25) is 0 Å². The predicted octanol–water partition coefficient (Wildman–Crippen LogP) is 4.27. The van der Waals surface area contributed by atoms with Crippen LogP contribution in [0.5, 0.6) is 0 Å². The van der Waals surface area contributed by atoms with Gasteiger partial charge in [0, 0.05) is 32.5 Å². The molecule has 0 radical (unpaired) electrons. The van der Waals surface area contributed by atoms with Crippen LogP contribution in [-0.2, 0) is 8.86 Å². The van der Waals surface area contributed by atoms with Crippen molar-refractivity contribution >= 4 is 74.6 Å². The molecule has 0 aliphatic carbocycles. The van der Waals surface area contributed by atoms with Crippen LogP contribution in [0, 0.1) is 0 Å². The van der Waals surface area contributed by atoms with E-state index in [9.17, 15) is 4.79 Å². The number of nitrogens with two attached hydrogens (primary N) is 1. The number of nitrogens with one attached hydrogen (secondary N) is 2. The number of halogens is 2. The number of hydrogen-bond acceptors (Lipinski definition) is 5.